The van der Waals surface area contributed by atoms with Gasteiger partial charge in [0.05, 0.1) is 19.2 Å². The van der Waals surface area contributed by atoms with Gasteiger partial charge in [-0.15, -0.1) is 0 Å². The van der Waals surface area contributed by atoms with Crippen LogP contribution in [0.5, 0.6) is 11.6 Å². The predicted octanol–water partition coefficient (Wildman–Crippen LogP) is 6.19. The Morgan fingerprint density at radius 1 is 0.929 bits per heavy atom. The van der Waals surface area contributed by atoms with Crippen molar-refractivity contribution in [1.29, 1.82) is 0 Å². The molecule has 0 aromatic carbocycles. The molecule has 0 aliphatic heterocycles. The summed E-state index contributed by atoms with van der Waals surface area (Å²) >= 11 is 0. The van der Waals surface area contributed by atoms with E-state index in [1.165, 1.54) is 64.2 Å². The average molecular weight is 388 g/mol. The second kappa shape index (κ2) is 10.8. The van der Waals surface area contributed by atoms with E-state index >= 15 is 0 Å². The number of hydrogen-bond donors (Lipinski definition) is 0. The molecule has 0 unspecified atom stereocenters. The minimum atomic E-state index is -0.0975. The summed E-state index contributed by atoms with van der Waals surface area (Å²) in [6, 6.07) is 3.46. The standard InChI is InChI=1S/C24H37NO3/c1-3-4-18-5-7-19(8-6-18)9-10-20-11-13-21(14-12-20)24(26)28-22-15-16-23(27-2)25-17-22/h15-21H,3-14H2,1-2H3. The Morgan fingerprint density at radius 3 is 2.00 bits per heavy atom. The molecular formula is C24H37NO3. The van der Waals surface area contributed by atoms with E-state index in [0.717, 1.165) is 30.6 Å². The highest BCUT2D eigenvalue weighted by atomic mass is 16.5. The zero-order chi connectivity index (χ0) is 19.8. The van der Waals surface area contributed by atoms with E-state index in [2.05, 4.69) is 11.9 Å². The van der Waals surface area contributed by atoms with Gasteiger partial charge in [-0.25, -0.2) is 4.98 Å². The van der Waals surface area contributed by atoms with Gasteiger partial charge < -0.3 is 9.47 Å². The van der Waals surface area contributed by atoms with Crippen LogP contribution in [0.3, 0.4) is 0 Å². The zero-order valence-corrected chi connectivity index (χ0v) is 17.7. The lowest BCUT2D eigenvalue weighted by Crippen LogP contribution is -2.26. The summed E-state index contributed by atoms with van der Waals surface area (Å²) in [7, 11) is 1.57. The molecule has 0 radical (unpaired) electrons. The Kier molecular flexibility index (Phi) is 8.17. The number of nitrogens with zero attached hydrogens (tertiary/aromatic N) is 1. The molecule has 0 saturated heterocycles. The number of pyridine rings is 1. The number of aromatic nitrogens is 1. The van der Waals surface area contributed by atoms with Crippen LogP contribution in [0, 0.1) is 23.7 Å². The number of ether oxygens (including phenoxy) is 2. The molecule has 156 valence electrons. The third kappa shape index (κ3) is 6.22. The number of methoxy groups -OCH3 is 1. The van der Waals surface area contributed by atoms with E-state index in [1.807, 2.05) is 0 Å². The fourth-order valence-corrected chi connectivity index (χ4v) is 5.12. The van der Waals surface area contributed by atoms with Gasteiger partial charge in [0.15, 0.2) is 0 Å². The zero-order valence-electron chi connectivity index (χ0n) is 17.7. The van der Waals surface area contributed by atoms with Gasteiger partial charge in [0.2, 0.25) is 5.88 Å². The number of carbonyl (C=O) groups is 1. The van der Waals surface area contributed by atoms with E-state index in [4.69, 9.17) is 9.47 Å². The van der Waals surface area contributed by atoms with E-state index in [1.54, 1.807) is 25.4 Å². The minimum Gasteiger partial charge on any atom is -0.481 e. The lowest BCUT2D eigenvalue weighted by Gasteiger charge is -2.31. The van der Waals surface area contributed by atoms with Crippen LogP contribution in [0.1, 0.15) is 84.0 Å². The second-order valence-corrected chi connectivity index (χ2v) is 8.93. The molecule has 2 aliphatic carbocycles. The molecule has 0 N–H and O–H groups in total. The lowest BCUT2D eigenvalue weighted by atomic mass is 9.75. The highest BCUT2D eigenvalue weighted by molar-refractivity contribution is 5.75. The van der Waals surface area contributed by atoms with Crippen molar-refractivity contribution in [3.63, 3.8) is 0 Å². The normalized spacial score (nSPS) is 27.9. The van der Waals surface area contributed by atoms with Gasteiger partial charge in [-0.3, -0.25) is 4.79 Å². The van der Waals surface area contributed by atoms with Crippen LogP contribution in [0.2, 0.25) is 0 Å². The SMILES string of the molecule is CCCC1CCC(CCC2CCC(C(=O)Oc3ccc(OC)nc3)CC2)CC1. The molecule has 4 heteroatoms. The molecule has 3 rings (SSSR count). The Bertz CT molecular complexity index is 584. The highest BCUT2D eigenvalue weighted by Gasteiger charge is 2.29. The van der Waals surface area contributed by atoms with E-state index in [9.17, 15) is 4.79 Å². The van der Waals surface area contributed by atoms with Crippen LogP contribution >= 0.6 is 0 Å². The Labute approximate surface area is 170 Å². The fourth-order valence-electron chi connectivity index (χ4n) is 5.12. The molecule has 0 bridgehead atoms. The largest absolute Gasteiger partial charge is 0.481 e. The van der Waals surface area contributed by atoms with Gasteiger partial charge in [-0.05, 0) is 49.5 Å². The van der Waals surface area contributed by atoms with Gasteiger partial charge in [-0.2, -0.15) is 0 Å². The summed E-state index contributed by atoms with van der Waals surface area (Å²) in [5.41, 5.74) is 0. The summed E-state index contributed by atoms with van der Waals surface area (Å²) in [6.45, 7) is 2.31. The van der Waals surface area contributed by atoms with Gasteiger partial charge >= 0.3 is 5.97 Å². The van der Waals surface area contributed by atoms with Crippen LogP contribution in [-0.2, 0) is 4.79 Å². The van der Waals surface area contributed by atoms with Crippen molar-refractivity contribution in [2.24, 2.45) is 23.7 Å². The number of carbonyl (C=O) groups excluding carboxylic acids is 1. The third-order valence-electron chi connectivity index (χ3n) is 6.96. The van der Waals surface area contributed by atoms with Crippen LogP contribution in [0.25, 0.3) is 0 Å². The molecule has 1 heterocycles. The highest BCUT2D eigenvalue weighted by Crippen LogP contribution is 2.37. The van der Waals surface area contributed by atoms with Gasteiger partial charge in [-0.1, -0.05) is 58.3 Å². The van der Waals surface area contributed by atoms with Crippen molar-refractivity contribution in [1.82, 2.24) is 4.98 Å². The lowest BCUT2D eigenvalue weighted by molar-refractivity contribution is -0.140. The average Bonchev–Trinajstić information content (AvgIpc) is 2.74. The first kappa shape index (κ1) is 21.1. The minimum absolute atomic E-state index is 0.0443. The molecule has 0 atom stereocenters. The topological polar surface area (TPSA) is 48.4 Å². The molecule has 4 nitrogen and oxygen atoms in total. The fraction of sp³-hybridized carbons (Fsp3) is 0.750. The smallest absolute Gasteiger partial charge is 0.314 e. The molecule has 0 spiro atoms. The maximum Gasteiger partial charge on any atom is 0.314 e. The summed E-state index contributed by atoms with van der Waals surface area (Å²) in [6.07, 6.45) is 17.2. The van der Waals surface area contributed by atoms with Crippen molar-refractivity contribution < 1.29 is 14.3 Å². The Balaban J connectivity index is 1.33. The summed E-state index contributed by atoms with van der Waals surface area (Å²) < 4.78 is 10.6. The number of rotatable bonds is 8. The second-order valence-electron chi connectivity index (χ2n) is 8.93. The first-order valence-electron chi connectivity index (χ1n) is 11.4. The van der Waals surface area contributed by atoms with Crippen LogP contribution in [0.4, 0.5) is 0 Å². The van der Waals surface area contributed by atoms with Crippen LogP contribution < -0.4 is 9.47 Å². The Hall–Kier alpha value is -1.58. The monoisotopic (exact) mass is 387 g/mol. The molecule has 2 saturated carbocycles. The Morgan fingerprint density at radius 2 is 1.50 bits per heavy atom. The molecular weight excluding hydrogens is 350 g/mol. The first-order valence-corrected chi connectivity index (χ1v) is 11.4. The maximum atomic E-state index is 12.4. The number of esters is 1. The van der Waals surface area contributed by atoms with Crippen molar-refractivity contribution in [3.05, 3.63) is 18.3 Å². The summed E-state index contributed by atoms with van der Waals surface area (Å²) in [5.74, 6) is 3.75. The predicted molar refractivity (Wildman–Crippen MR) is 111 cm³/mol. The van der Waals surface area contributed by atoms with Gasteiger partial charge in [0.1, 0.15) is 5.75 Å². The summed E-state index contributed by atoms with van der Waals surface area (Å²) in [4.78, 5) is 16.5. The van der Waals surface area contributed by atoms with Crippen molar-refractivity contribution in [2.45, 2.75) is 84.0 Å². The van der Waals surface area contributed by atoms with Crippen LogP contribution in [0.15, 0.2) is 18.3 Å². The van der Waals surface area contributed by atoms with Crippen molar-refractivity contribution in [3.8, 4) is 11.6 Å². The molecule has 0 amide bonds. The first-order chi connectivity index (χ1) is 13.7. The van der Waals surface area contributed by atoms with Crippen molar-refractivity contribution in [2.75, 3.05) is 7.11 Å². The van der Waals surface area contributed by atoms with Gasteiger partial charge in [0.25, 0.3) is 0 Å². The van der Waals surface area contributed by atoms with E-state index in [-0.39, 0.29) is 11.9 Å². The maximum absolute atomic E-state index is 12.4. The molecule has 2 fully saturated rings. The van der Waals surface area contributed by atoms with Crippen LogP contribution in [-0.4, -0.2) is 18.1 Å². The van der Waals surface area contributed by atoms with Crippen molar-refractivity contribution >= 4 is 5.97 Å². The molecule has 28 heavy (non-hydrogen) atoms. The van der Waals surface area contributed by atoms with Gasteiger partial charge in [0, 0.05) is 6.07 Å². The molecule has 1 aromatic heterocycles. The summed E-state index contributed by atoms with van der Waals surface area (Å²) in [5, 5.41) is 0. The number of hydrogen-bond acceptors (Lipinski definition) is 4. The molecule has 1 aromatic rings. The quantitative estimate of drug-likeness (QED) is 0.499. The van der Waals surface area contributed by atoms with E-state index in [0.29, 0.717) is 11.6 Å². The molecule has 2 aliphatic rings. The van der Waals surface area contributed by atoms with E-state index < -0.39 is 0 Å². The third-order valence-corrected chi connectivity index (χ3v) is 6.96.